The molecule has 2 aromatic rings. The van der Waals surface area contributed by atoms with E-state index in [2.05, 4.69) is 30.5 Å². The maximum Gasteiger partial charge on any atom is 0.253 e. The van der Waals surface area contributed by atoms with Crippen LogP contribution < -0.4 is 15.5 Å². The first-order valence-electron chi connectivity index (χ1n) is 9.34. The van der Waals surface area contributed by atoms with Gasteiger partial charge in [0.1, 0.15) is 6.54 Å². The van der Waals surface area contributed by atoms with Crippen molar-refractivity contribution in [1.29, 1.82) is 0 Å². The highest BCUT2D eigenvalue weighted by Gasteiger charge is 2.13. The second-order valence-electron chi connectivity index (χ2n) is 6.49. The lowest BCUT2D eigenvalue weighted by molar-refractivity contribution is -0.910. The number of quaternary nitrogens is 1. The number of amides is 2. The summed E-state index contributed by atoms with van der Waals surface area (Å²) in [5.41, 5.74) is 2.59. The summed E-state index contributed by atoms with van der Waals surface area (Å²) in [5, 5.41) is 6.14. The van der Waals surface area contributed by atoms with Crippen molar-refractivity contribution in [1.82, 2.24) is 10.6 Å². The molecule has 0 radical (unpaired) electrons. The molecule has 0 aliphatic rings. The van der Waals surface area contributed by atoms with E-state index in [9.17, 15) is 9.59 Å². The summed E-state index contributed by atoms with van der Waals surface area (Å²) in [6, 6.07) is 12.7. The van der Waals surface area contributed by atoms with Gasteiger partial charge in [0.2, 0.25) is 5.91 Å². The van der Waals surface area contributed by atoms with Crippen LogP contribution in [0.4, 0.5) is 0 Å². The van der Waals surface area contributed by atoms with Crippen LogP contribution in [0.25, 0.3) is 0 Å². The summed E-state index contributed by atoms with van der Waals surface area (Å²) < 4.78 is 0. The fourth-order valence-corrected chi connectivity index (χ4v) is 3.35. The molecule has 0 unspecified atom stereocenters. The summed E-state index contributed by atoms with van der Waals surface area (Å²) in [6.07, 6.45) is 0. The van der Waals surface area contributed by atoms with Gasteiger partial charge in [-0.15, -0.1) is 0 Å². The van der Waals surface area contributed by atoms with Gasteiger partial charge in [-0.1, -0.05) is 47.5 Å². The summed E-state index contributed by atoms with van der Waals surface area (Å²) in [5.74, 6) is -0.675. The predicted octanol–water partition coefficient (Wildman–Crippen LogP) is 2.46. The van der Waals surface area contributed by atoms with Gasteiger partial charge in [-0.2, -0.15) is 0 Å². The van der Waals surface area contributed by atoms with Crippen molar-refractivity contribution >= 4 is 35.0 Å². The molecule has 0 saturated carbocycles. The van der Waals surface area contributed by atoms with Gasteiger partial charge in [-0.3, -0.25) is 9.59 Å². The average Bonchev–Trinajstić information content (AvgIpc) is 2.69. The van der Waals surface area contributed by atoms with Crippen molar-refractivity contribution in [2.75, 3.05) is 19.6 Å². The standard InChI is InChI=1S/C21H25Cl2N3O2/c1-3-26(4-2)14-16-8-6-5-7-15(16)12-24-20(27)13-25-21(28)18-10-9-17(22)11-19(18)23/h5-11H,3-4,12-14H2,1-2H3,(H,24,27)(H,25,28)/p+1. The molecule has 0 heterocycles. The number of nitrogens with one attached hydrogen (secondary N) is 3. The van der Waals surface area contributed by atoms with Crippen LogP contribution in [0.1, 0.15) is 35.3 Å². The first-order chi connectivity index (χ1) is 13.4. The van der Waals surface area contributed by atoms with Crippen LogP contribution >= 0.6 is 23.2 Å². The number of rotatable bonds is 9. The zero-order valence-corrected chi connectivity index (χ0v) is 17.7. The Bertz CT molecular complexity index is 823. The normalized spacial score (nSPS) is 10.8. The topological polar surface area (TPSA) is 62.6 Å². The van der Waals surface area contributed by atoms with Gasteiger partial charge in [-0.25, -0.2) is 0 Å². The minimum Gasteiger partial charge on any atom is -0.350 e. The monoisotopic (exact) mass is 422 g/mol. The number of hydrogen-bond donors (Lipinski definition) is 3. The highest BCUT2D eigenvalue weighted by molar-refractivity contribution is 6.36. The number of benzene rings is 2. The molecule has 2 aromatic carbocycles. The molecular weight excluding hydrogens is 397 g/mol. The van der Waals surface area contributed by atoms with Gasteiger partial charge in [0.05, 0.1) is 30.2 Å². The Balaban J connectivity index is 1.88. The van der Waals surface area contributed by atoms with Crippen LogP contribution in [0.5, 0.6) is 0 Å². The Morgan fingerprint density at radius 1 is 0.964 bits per heavy atom. The molecule has 0 atom stereocenters. The zero-order valence-electron chi connectivity index (χ0n) is 16.1. The third-order valence-corrected chi connectivity index (χ3v) is 5.17. The van der Waals surface area contributed by atoms with E-state index in [0.29, 0.717) is 11.6 Å². The van der Waals surface area contributed by atoms with E-state index in [-0.39, 0.29) is 23.0 Å². The minimum atomic E-state index is -0.414. The zero-order chi connectivity index (χ0) is 20.5. The predicted molar refractivity (Wildman–Crippen MR) is 113 cm³/mol. The molecular formula is C21H26Cl2N3O2+. The summed E-state index contributed by atoms with van der Waals surface area (Å²) in [6.45, 7) is 7.66. The smallest absolute Gasteiger partial charge is 0.253 e. The SMILES string of the molecule is CC[NH+](CC)Cc1ccccc1CNC(=O)CNC(=O)c1ccc(Cl)cc1Cl. The van der Waals surface area contributed by atoms with E-state index in [1.807, 2.05) is 18.2 Å². The fourth-order valence-electron chi connectivity index (χ4n) is 2.86. The van der Waals surface area contributed by atoms with Crippen LogP contribution in [-0.2, 0) is 17.9 Å². The van der Waals surface area contributed by atoms with Gasteiger partial charge in [0, 0.05) is 17.1 Å². The van der Waals surface area contributed by atoms with Crippen molar-refractivity contribution in [2.24, 2.45) is 0 Å². The molecule has 0 fully saturated rings. The van der Waals surface area contributed by atoms with Gasteiger partial charge in [-0.05, 0) is 37.6 Å². The third-order valence-electron chi connectivity index (χ3n) is 4.62. The Hall–Kier alpha value is -2.08. The second-order valence-corrected chi connectivity index (χ2v) is 7.33. The largest absolute Gasteiger partial charge is 0.350 e. The number of carbonyl (C=O) groups excluding carboxylic acids is 2. The van der Waals surface area contributed by atoms with Crippen LogP contribution in [0, 0.1) is 0 Å². The van der Waals surface area contributed by atoms with Crippen molar-refractivity contribution in [3.8, 4) is 0 Å². The molecule has 7 heteroatoms. The molecule has 3 N–H and O–H groups in total. The van der Waals surface area contributed by atoms with E-state index in [1.54, 1.807) is 6.07 Å². The quantitative estimate of drug-likeness (QED) is 0.581. The lowest BCUT2D eigenvalue weighted by Gasteiger charge is -2.18. The third kappa shape index (κ3) is 6.51. The Kier molecular flexibility index (Phi) is 8.77. The maximum absolute atomic E-state index is 12.2. The number of hydrogen-bond acceptors (Lipinski definition) is 2. The summed E-state index contributed by atoms with van der Waals surface area (Å²) >= 11 is 11.8. The highest BCUT2D eigenvalue weighted by Crippen LogP contribution is 2.20. The molecule has 0 saturated heterocycles. The van der Waals surface area contributed by atoms with Crippen LogP contribution in [0.15, 0.2) is 42.5 Å². The van der Waals surface area contributed by atoms with E-state index in [0.717, 1.165) is 25.2 Å². The first kappa shape index (κ1) is 22.2. The van der Waals surface area contributed by atoms with Crippen LogP contribution in [-0.4, -0.2) is 31.4 Å². The minimum absolute atomic E-state index is 0.124. The van der Waals surface area contributed by atoms with Crippen molar-refractivity contribution in [2.45, 2.75) is 26.9 Å². The number of halogens is 2. The molecule has 0 spiro atoms. The molecule has 28 heavy (non-hydrogen) atoms. The van der Waals surface area contributed by atoms with E-state index >= 15 is 0 Å². The molecule has 0 aromatic heterocycles. The van der Waals surface area contributed by atoms with E-state index in [4.69, 9.17) is 23.2 Å². The van der Waals surface area contributed by atoms with Crippen LogP contribution in [0.3, 0.4) is 0 Å². The molecule has 5 nitrogen and oxygen atoms in total. The molecule has 150 valence electrons. The lowest BCUT2D eigenvalue weighted by atomic mass is 10.1. The van der Waals surface area contributed by atoms with Crippen molar-refractivity contribution < 1.29 is 14.5 Å². The summed E-state index contributed by atoms with van der Waals surface area (Å²) in [7, 11) is 0. The molecule has 2 amide bonds. The Labute approximate surface area is 176 Å². The van der Waals surface area contributed by atoms with Gasteiger partial charge in [0.25, 0.3) is 5.91 Å². The first-order valence-corrected chi connectivity index (χ1v) is 10.1. The number of carbonyl (C=O) groups is 2. The fraction of sp³-hybridized carbons (Fsp3) is 0.333. The van der Waals surface area contributed by atoms with Gasteiger partial charge >= 0.3 is 0 Å². The maximum atomic E-state index is 12.2. The van der Waals surface area contributed by atoms with Gasteiger partial charge < -0.3 is 15.5 Å². The highest BCUT2D eigenvalue weighted by atomic mass is 35.5. The molecule has 0 aliphatic carbocycles. The van der Waals surface area contributed by atoms with E-state index < -0.39 is 5.91 Å². The average molecular weight is 423 g/mol. The van der Waals surface area contributed by atoms with Crippen molar-refractivity contribution in [3.63, 3.8) is 0 Å². The summed E-state index contributed by atoms with van der Waals surface area (Å²) in [4.78, 5) is 25.8. The molecule has 0 bridgehead atoms. The van der Waals surface area contributed by atoms with Crippen LogP contribution in [0.2, 0.25) is 10.0 Å². The Morgan fingerprint density at radius 3 is 2.29 bits per heavy atom. The molecule has 2 rings (SSSR count). The lowest BCUT2D eigenvalue weighted by Crippen LogP contribution is -3.10. The second kappa shape index (κ2) is 11.1. The Morgan fingerprint density at radius 2 is 1.64 bits per heavy atom. The van der Waals surface area contributed by atoms with Crippen molar-refractivity contribution in [3.05, 3.63) is 69.2 Å². The van der Waals surface area contributed by atoms with E-state index in [1.165, 1.54) is 22.6 Å². The van der Waals surface area contributed by atoms with Gasteiger partial charge in [0.15, 0.2) is 0 Å². The molecule has 0 aliphatic heterocycles.